The third-order valence-corrected chi connectivity index (χ3v) is 7.58. The van der Waals surface area contributed by atoms with Crippen molar-refractivity contribution < 1.29 is 9.59 Å². The fourth-order valence-corrected chi connectivity index (χ4v) is 5.70. The minimum atomic E-state index is -0.213. The Kier molecular flexibility index (Phi) is 6.15. The molecule has 2 aliphatic rings. The molecule has 2 aromatic carbocycles. The Balaban J connectivity index is 1.35. The van der Waals surface area contributed by atoms with E-state index < -0.39 is 0 Å². The number of carbonyl (C=O) groups is 2. The first-order valence-corrected chi connectivity index (χ1v) is 12.7. The van der Waals surface area contributed by atoms with Crippen LogP contribution in [0.3, 0.4) is 0 Å². The summed E-state index contributed by atoms with van der Waals surface area (Å²) in [7, 11) is 0. The maximum Gasteiger partial charge on any atom is 0.261 e. The van der Waals surface area contributed by atoms with Crippen LogP contribution in [0.1, 0.15) is 58.9 Å². The van der Waals surface area contributed by atoms with Crippen LogP contribution < -0.4 is 0 Å². The van der Waals surface area contributed by atoms with Crippen molar-refractivity contribution in [3.05, 3.63) is 64.1 Å². The average molecular weight is 511 g/mol. The molecule has 6 nitrogen and oxygen atoms in total. The lowest BCUT2D eigenvalue weighted by atomic mass is 9.95. The summed E-state index contributed by atoms with van der Waals surface area (Å²) in [6, 6.07) is 15.5. The van der Waals surface area contributed by atoms with E-state index in [0.29, 0.717) is 29.5 Å². The highest BCUT2D eigenvalue weighted by atomic mass is 79.9. The van der Waals surface area contributed by atoms with Gasteiger partial charge in [-0.15, -0.1) is 10.2 Å². The number of thioether (sulfide) groups is 1. The van der Waals surface area contributed by atoms with Gasteiger partial charge in [0.2, 0.25) is 0 Å². The van der Waals surface area contributed by atoms with Crippen LogP contribution >= 0.6 is 27.7 Å². The number of benzene rings is 2. The number of amides is 2. The molecule has 1 aliphatic carbocycles. The second-order valence-corrected chi connectivity index (χ2v) is 10.1. The highest BCUT2D eigenvalue weighted by molar-refractivity contribution is 9.10. The van der Waals surface area contributed by atoms with Crippen molar-refractivity contribution >= 4 is 39.5 Å². The second kappa shape index (κ2) is 9.19. The highest BCUT2D eigenvalue weighted by Crippen LogP contribution is 2.36. The molecule has 5 rings (SSSR count). The van der Waals surface area contributed by atoms with Gasteiger partial charge in [-0.1, -0.05) is 71.2 Å². The number of fused-ring (bicyclic) bond motifs is 1. The molecule has 0 saturated heterocycles. The maximum absolute atomic E-state index is 12.6. The molecule has 8 heteroatoms. The molecule has 1 fully saturated rings. The van der Waals surface area contributed by atoms with Crippen molar-refractivity contribution in [2.24, 2.45) is 0 Å². The third-order valence-electron chi connectivity index (χ3n) is 6.13. The van der Waals surface area contributed by atoms with E-state index in [0.717, 1.165) is 33.9 Å². The minimum Gasteiger partial charge on any atom is -0.299 e. The molecule has 0 bridgehead atoms. The van der Waals surface area contributed by atoms with Crippen molar-refractivity contribution in [2.45, 2.75) is 43.3 Å². The van der Waals surface area contributed by atoms with E-state index in [9.17, 15) is 9.59 Å². The Morgan fingerprint density at radius 3 is 2.22 bits per heavy atom. The molecule has 0 atom stereocenters. The van der Waals surface area contributed by atoms with Gasteiger partial charge in [0, 0.05) is 28.4 Å². The van der Waals surface area contributed by atoms with E-state index in [2.05, 4.69) is 42.8 Å². The SMILES string of the molecule is O=C1c2ccccc2C(=O)N1CCSc1nnc(-c2ccc(Br)cc2)n1C1CCCCC1. The van der Waals surface area contributed by atoms with Gasteiger partial charge in [-0.2, -0.15) is 0 Å². The Hall–Kier alpha value is -2.45. The van der Waals surface area contributed by atoms with Crippen LogP contribution in [-0.4, -0.2) is 43.8 Å². The number of hydrogen-bond donors (Lipinski definition) is 0. The Bertz CT molecular complexity index is 1120. The first kappa shape index (κ1) is 21.4. The van der Waals surface area contributed by atoms with Gasteiger partial charge in [-0.3, -0.25) is 19.1 Å². The molecule has 0 spiro atoms. The van der Waals surface area contributed by atoms with E-state index >= 15 is 0 Å². The molecule has 2 amide bonds. The van der Waals surface area contributed by atoms with Gasteiger partial charge in [-0.05, 0) is 37.1 Å². The van der Waals surface area contributed by atoms with Crippen LogP contribution in [0.5, 0.6) is 0 Å². The van der Waals surface area contributed by atoms with Crippen molar-refractivity contribution in [1.29, 1.82) is 0 Å². The molecule has 1 saturated carbocycles. The second-order valence-electron chi connectivity index (χ2n) is 8.13. The van der Waals surface area contributed by atoms with Crippen molar-refractivity contribution in [1.82, 2.24) is 19.7 Å². The van der Waals surface area contributed by atoms with Crippen LogP contribution in [0.4, 0.5) is 0 Å². The molecular weight excluding hydrogens is 488 g/mol. The zero-order valence-electron chi connectivity index (χ0n) is 17.5. The fraction of sp³-hybridized carbons (Fsp3) is 0.333. The average Bonchev–Trinajstić information content (AvgIpc) is 3.35. The number of halogens is 1. The number of carbonyl (C=O) groups excluding carboxylic acids is 2. The lowest BCUT2D eigenvalue weighted by molar-refractivity contribution is 0.0664. The van der Waals surface area contributed by atoms with Gasteiger partial charge in [0.1, 0.15) is 0 Å². The Labute approximate surface area is 199 Å². The van der Waals surface area contributed by atoms with E-state index in [-0.39, 0.29) is 11.8 Å². The van der Waals surface area contributed by atoms with E-state index in [1.165, 1.54) is 24.2 Å². The molecule has 1 aliphatic heterocycles. The smallest absolute Gasteiger partial charge is 0.261 e. The lowest BCUT2D eigenvalue weighted by Gasteiger charge is -2.25. The molecule has 0 unspecified atom stereocenters. The molecule has 1 aromatic heterocycles. The molecule has 0 radical (unpaired) electrons. The quantitative estimate of drug-likeness (QED) is 0.318. The van der Waals surface area contributed by atoms with Gasteiger partial charge in [0.05, 0.1) is 11.1 Å². The van der Waals surface area contributed by atoms with E-state index in [1.807, 2.05) is 12.1 Å². The van der Waals surface area contributed by atoms with Crippen LogP contribution in [0.25, 0.3) is 11.4 Å². The van der Waals surface area contributed by atoms with E-state index in [1.54, 1.807) is 36.0 Å². The van der Waals surface area contributed by atoms with Crippen LogP contribution in [0.15, 0.2) is 58.2 Å². The lowest BCUT2D eigenvalue weighted by Crippen LogP contribution is -2.31. The largest absolute Gasteiger partial charge is 0.299 e. The number of rotatable bonds is 6. The molecule has 0 N–H and O–H groups in total. The zero-order valence-corrected chi connectivity index (χ0v) is 19.9. The normalized spacial score (nSPS) is 16.6. The maximum atomic E-state index is 12.6. The summed E-state index contributed by atoms with van der Waals surface area (Å²) < 4.78 is 3.30. The Morgan fingerprint density at radius 1 is 0.906 bits per heavy atom. The standard InChI is InChI=1S/C24H23BrN4O2S/c25-17-12-10-16(11-13-17)21-26-27-24(29(21)18-6-2-1-3-7-18)32-15-14-28-22(30)19-8-4-5-9-20(19)23(28)31/h4-5,8-13,18H,1-3,6-7,14-15H2. The topological polar surface area (TPSA) is 68.1 Å². The van der Waals surface area contributed by atoms with Crippen molar-refractivity contribution in [3.8, 4) is 11.4 Å². The van der Waals surface area contributed by atoms with Crippen LogP contribution in [0, 0.1) is 0 Å². The van der Waals surface area contributed by atoms with Gasteiger partial charge >= 0.3 is 0 Å². The summed E-state index contributed by atoms with van der Waals surface area (Å²) in [6.07, 6.45) is 5.93. The number of imide groups is 1. The van der Waals surface area contributed by atoms with Gasteiger partial charge in [-0.25, -0.2) is 0 Å². The Morgan fingerprint density at radius 2 is 1.56 bits per heavy atom. The fourth-order valence-electron chi connectivity index (χ4n) is 4.51. The molecule has 3 aromatic rings. The zero-order chi connectivity index (χ0) is 22.1. The third kappa shape index (κ3) is 4.01. The van der Waals surface area contributed by atoms with Gasteiger partial charge < -0.3 is 0 Å². The molecule has 164 valence electrons. The summed E-state index contributed by atoms with van der Waals surface area (Å²) in [4.78, 5) is 26.6. The monoisotopic (exact) mass is 510 g/mol. The number of hydrogen-bond acceptors (Lipinski definition) is 5. The highest BCUT2D eigenvalue weighted by Gasteiger charge is 2.34. The van der Waals surface area contributed by atoms with Crippen LogP contribution in [-0.2, 0) is 0 Å². The van der Waals surface area contributed by atoms with Gasteiger partial charge in [0.25, 0.3) is 11.8 Å². The predicted molar refractivity (Wildman–Crippen MR) is 128 cm³/mol. The first-order chi connectivity index (χ1) is 15.6. The summed E-state index contributed by atoms with van der Waals surface area (Å²) in [6.45, 7) is 0.349. The summed E-state index contributed by atoms with van der Waals surface area (Å²) in [5.41, 5.74) is 2.02. The van der Waals surface area contributed by atoms with Crippen molar-refractivity contribution in [3.63, 3.8) is 0 Å². The summed E-state index contributed by atoms with van der Waals surface area (Å²) in [5.74, 6) is 1.04. The van der Waals surface area contributed by atoms with E-state index in [4.69, 9.17) is 0 Å². The number of aromatic nitrogens is 3. The van der Waals surface area contributed by atoms with Crippen LogP contribution in [0.2, 0.25) is 0 Å². The van der Waals surface area contributed by atoms with Crippen molar-refractivity contribution in [2.75, 3.05) is 12.3 Å². The predicted octanol–water partition coefficient (Wildman–Crippen LogP) is 5.60. The molecular formula is C24H23BrN4O2S. The van der Waals surface area contributed by atoms with Gasteiger partial charge in [0.15, 0.2) is 11.0 Å². The first-order valence-electron chi connectivity index (χ1n) is 10.9. The minimum absolute atomic E-state index is 0.213. The summed E-state index contributed by atoms with van der Waals surface area (Å²) in [5, 5.41) is 9.89. The molecule has 32 heavy (non-hydrogen) atoms. The summed E-state index contributed by atoms with van der Waals surface area (Å²) >= 11 is 5.06. The number of nitrogens with zero attached hydrogens (tertiary/aromatic N) is 4. The molecule has 2 heterocycles.